The molecule has 1 N–H and O–H groups in total. The zero-order chi connectivity index (χ0) is 10.6. The summed E-state index contributed by atoms with van der Waals surface area (Å²) in [6, 6.07) is 9.23. The van der Waals surface area contributed by atoms with E-state index in [4.69, 9.17) is 5.11 Å². The summed E-state index contributed by atoms with van der Waals surface area (Å²) in [5.74, 6) is -0.832. The van der Waals surface area contributed by atoms with Crippen LogP contribution in [0.4, 0.5) is 0 Å². The van der Waals surface area contributed by atoms with Gasteiger partial charge in [-0.05, 0) is 19.4 Å². The molecule has 0 saturated heterocycles. The van der Waals surface area contributed by atoms with Crippen LogP contribution in [0.5, 0.6) is 0 Å². The Labute approximate surface area is 83.9 Å². The topological polar surface area (TPSA) is 37.3 Å². The van der Waals surface area contributed by atoms with Crippen molar-refractivity contribution in [3.8, 4) is 0 Å². The molecule has 14 heavy (non-hydrogen) atoms. The first kappa shape index (κ1) is 10.5. The minimum atomic E-state index is -0.921. The van der Waals surface area contributed by atoms with Crippen LogP contribution < -0.4 is 0 Å². The fraction of sp³-hybridized carbons (Fsp3) is 0.250. The second-order valence-electron chi connectivity index (χ2n) is 3.37. The van der Waals surface area contributed by atoms with Crippen LogP contribution in [-0.4, -0.2) is 11.1 Å². The van der Waals surface area contributed by atoms with Crippen LogP contribution >= 0.6 is 0 Å². The van der Waals surface area contributed by atoms with Crippen LogP contribution in [0.2, 0.25) is 0 Å². The first-order valence-corrected chi connectivity index (χ1v) is 4.54. The van der Waals surface area contributed by atoms with E-state index in [1.54, 1.807) is 19.1 Å². The van der Waals surface area contributed by atoms with Gasteiger partial charge in [0.25, 0.3) is 0 Å². The van der Waals surface area contributed by atoms with Gasteiger partial charge in [-0.15, -0.1) is 0 Å². The van der Waals surface area contributed by atoms with Crippen LogP contribution in [0.15, 0.2) is 42.5 Å². The first-order chi connectivity index (χ1) is 6.61. The van der Waals surface area contributed by atoms with Gasteiger partial charge < -0.3 is 5.11 Å². The zero-order valence-electron chi connectivity index (χ0n) is 8.40. The van der Waals surface area contributed by atoms with Gasteiger partial charge in [0.2, 0.25) is 0 Å². The molecule has 74 valence electrons. The highest BCUT2D eigenvalue weighted by atomic mass is 16.4. The minimum Gasteiger partial charge on any atom is -0.480 e. The summed E-state index contributed by atoms with van der Waals surface area (Å²) in [6.45, 7) is 3.52. The lowest BCUT2D eigenvalue weighted by molar-refractivity contribution is -0.141. The average Bonchev–Trinajstić information content (AvgIpc) is 2.19. The van der Waals surface area contributed by atoms with Crippen molar-refractivity contribution in [3.05, 3.63) is 48.0 Å². The van der Waals surface area contributed by atoms with Gasteiger partial charge >= 0.3 is 5.97 Å². The van der Waals surface area contributed by atoms with Crippen molar-refractivity contribution in [2.24, 2.45) is 0 Å². The third kappa shape index (κ3) is 1.84. The number of benzene rings is 1. The number of allylic oxidation sites excluding steroid dienone is 1. The molecule has 1 rings (SSSR count). The highest BCUT2D eigenvalue weighted by Crippen LogP contribution is 2.25. The Morgan fingerprint density at radius 3 is 2.36 bits per heavy atom. The Morgan fingerprint density at radius 1 is 1.36 bits per heavy atom. The van der Waals surface area contributed by atoms with Gasteiger partial charge in [-0.25, -0.2) is 0 Å². The summed E-state index contributed by atoms with van der Waals surface area (Å²) in [6.07, 6.45) is 3.46. The van der Waals surface area contributed by atoms with Crippen molar-refractivity contribution in [2.45, 2.75) is 19.3 Å². The minimum absolute atomic E-state index is 0.797. The number of hydrogen-bond acceptors (Lipinski definition) is 1. The fourth-order valence-electron chi connectivity index (χ4n) is 1.41. The molecule has 0 bridgehead atoms. The van der Waals surface area contributed by atoms with Crippen molar-refractivity contribution in [1.29, 1.82) is 0 Å². The van der Waals surface area contributed by atoms with E-state index in [-0.39, 0.29) is 0 Å². The molecule has 0 radical (unpaired) electrons. The third-order valence-electron chi connectivity index (χ3n) is 2.32. The van der Waals surface area contributed by atoms with Crippen molar-refractivity contribution >= 4 is 5.97 Å². The summed E-state index contributed by atoms with van der Waals surface area (Å²) < 4.78 is 0. The highest BCUT2D eigenvalue weighted by molar-refractivity contribution is 5.83. The van der Waals surface area contributed by atoms with E-state index in [1.165, 1.54) is 0 Å². The van der Waals surface area contributed by atoms with Gasteiger partial charge in [-0.1, -0.05) is 42.5 Å². The molecule has 0 saturated carbocycles. The lowest BCUT2D eigenvalue weighted by Crippen LogP contribution is -2.29. The van der Waals surface area contributed by atoms with E-state index in [9.17, 15) is 4.79 Å². The number of carboxylic acid groups (broad SMARTS) is 1. The van der Waals surface area contributed by atoms with E-state index in [1.807, 2.05) is 37.3 Å². The standard InChI is InChI=1S/C12H14O2/c1-3-9-12(2,11(13)14)10-7-5-4-6-8-10/h3-9H,1-2H3,(H,13,14)/b9-3+. The number of carbonyl (C=O) groups is 1. The lowest BCUT2D eigenvalue weighted by Gasteiger charge is -2.20. The Kier molecular flexibility index (Phi) is 3.07. The molecular formula is C12H14O2. The van der Waals surface area contributed by atoms with Gasteiger partial charge in [0.15, 0.2) is 0 Å². The van der Waals surface area contributed by atoms with E-state index >= 15 is 0 Å². The van der Waals surface area contributed by atoms with E-state index in [0.29, 0.717) is 0 Å². The molecule has 0 fully saturated rings. The van der Waals surface area contributed by atoms with Crippen molar-refractivity contribution in [3.63, 3.8) is 0 Å². The molecule has 1 atom stereocenters. The molecule has 1 unspecified atom stereocenters. The molecule has 1 aromatic rings. The lowest BCUT2D eigenvalue weighted by atomic mass is 9.82. The van der Waals surface area contributed by atoms with Crippen LogP contribution in [0, 0.1) is 0 Å². The highest BCUT2D eigenvalue weighted by Gasteiger charge is 2.31. The second-order valence-corrected chi connectivity index (χ2v) is 3.37. The molecule has 0 aliphatic heterocycles. The predicted molar refractivity (Wildman–Crippen MR) is 56.2 cm³/mol. The number of hydrogen-bond donors (Lipinski definition) is 1. The molecule has 2 heteroatoms. The maximum Gasteiger partial charge on any atom is 0.317 e. The van der Waals surface area contributed by atoms with Gasteiger partial charge in [0, 0.05) is 0 Å². The third-order valence-corrected chi connectivity index (χ3v) is 2.32. The second kappa shape index (κ2) is 4.09. The number of rotatable bonds is 3. The van der Waals surface area contributed by atoms with Crippen LogP contribution in [0.25, 0.3) is 0 Å². The smallest absolute Gasteiger partial charge is 0.317 e. The van der Waals surface area contributed by atoms with Gasteiger partial charge in [-0.2, -0.15) is 0 Å². The summed E-state index contributed by atoms with van der Waals surface area (Å²) in [7, 11) is 0. The Morgan fingerprint density at radius 2 is 1.93 bits per heavy atom. The molecule has 0 aromatic heterocycles. The molecule has 0 aliphatic rings. The fourth-order valence-corrected chi connectivity index (χ4v) is 1.41. The molecule has 0 spiro atoms. The SMILES string of the molecule is C/C=C/C(C)(C(=O)O)c1ccccc1. The largest absolute Gasteiger partial charge is 0.480 e. The summed E-state index contributed by atoms with van der Waals surface area (Å²) >= 11 is 0. The van der Waals surface area contributed by atoms with Crippen molar-refractivity contribution < 1.29 is 9.90 Å². The van der Waals surface area contributed by atoms with Crippen molar-refractivity contribution in [2.75, 3.05) is 0 Å². The summed E-state index contributed by atoms with van der Waals surface area (Å²) in [5.41, 5.74) is -0.124. The van der Waals surface area contributed by atoms with Crippen LogP contribution in [-0.2, 0) is 10.2 Å². The molecule has 0 aliphatic carbocycles. The maximum absolute atomic E-state index is 11.2. The molecule has 0 heterocycles. The van der Waals surface area contributed by atoms with E-state index < -0.39 is 11.4 Å². The first-order valence-electron chi connectivity index (χ1n) is 4.54. The Balaban J connectivity index is 3.19. The molecular weight excluding hydrogens is 176 g/mol. The van der Waals surface area contributed by atoms with E-state index in [2.05, 4.69) is 0 Å². The van der Waals surface area contributed by atoms with Gasteiger partial charge in [0.1, 0.15) is 5.41 Å². The molecule has 0 amide bonds. The predicted octanol–water partition coefficient (Wildman–Crippen LogP) is 2.61. The van der Waals surface area contributed by atoms with Crippen molar-refractivity contribution in [1.82, 2.24) is 0 Å². The maximum atomic E-state index is 11.2. The van der Waals surface area contributed by atoms with Gasteiger partial charge in [-0.3, -0.25) is 4.79 Å². The number of aliphatic carboxylic acids is 1. The normalized spacial score (nSPS) is 15.3. The average molecular weight is 190 g/mol. The quantitative estimate of drug-likeness (QED) is 0.744. The van der Waals surface area contributed by atoms with Crippen LogP contribution in [0.1, 0.15) is 19.4 Å². The summed E-state index contributed by atoms with van der Waals surface area (Å²) in [4.78, 5) is 11.2. The molecule has 2 nitrogen and oxygen atoms in total. The van der Waals surface area contributed by atoms with Crippen LogP contribution in [0.3, 0.4) is 0 Å². The zero-order valence-corrected chi connectivity index (χ0v) is 8.40. The monoisotopic (exact) mass is 190 g/mol. The number of carboxylic acids is 1. The Hall–Kier alpha value is -1.57. The molecule has 1 aromatic carbocycles. The van der Waals surface area contributed by atoms with E-state index in [0.717, 1.165) is 5.56 Å². The summed E-state index contributed by atoms with van der Waals surface area (Å²) in [5, 5.41) is 9.17. The Bertz CT molecular complexity index is 341. The van der Waals surface area contributed by atoms with Gasteiger partial charge in [0.05, 0.1) is 0 Å².